The van der Waals surface area contributed by atoms with Crippen LogP contribution >= 0.6 is 0 Å². The van der Waals surface area contributed by atoms with Crippen LogP contribution in [0.3, 0.4) is 0 Å². The highest BCUT2D eigenvalue weighted by Crippen LogP contribution is 2.57. The van der Waals surface area contributed by atoms with Gasteiger partial charge in [0.15, 0.2) is 0 Å². The molecule has 9 rings (SSSR count). The van der Waals surface area contributed by atoms with Crippen molar-refractivity contribution in [3.63, 3.8) is 0 Å². The predicted octanol–water partition coefficient (Wildman–Crippen LogP) is 10.5. The van der Waals surface area contributed by atoms with Crippen LogP contribution in [0.2, 0.25) is 0 Å². The van der Waals surface area contributed by atoms with Crippen LogP contribution in [0.5, 0.6) is 0 Å². The number of hydrogen-bond acceptors (Lipinski definition) is 1. The Balaban J connectivity index is 1.45. The number of imidazole rings is 1. The lowest BCUT2D eigenvalue weighted by molar-refractivity contribution is 0.666. The van der Waals surface area contributed by atoms with Crippen molar-refractivity contribution in [3.8, 4) is 16.8 Å². The molecule has 0 amide bonds. The van der Waals surface area contributed by atoms with Gasteiger partial charge in [0.2, 0.25) is 0 Å². The van der Waals surface area contributed by atoms with Crippen molar-refractivity contribution in [2.75, 3.05) is 0 Å². The predicted molar refractivity (Wildman–Crippen MR) is 178 cm³/mol. The zero-order chi connectivity index (χ0) is 28.2. The summed E-state index contributed by atoms with van der Waals surface area (Å²) in [4.78, 5) is 4.98. The van der Waals surface area contributed by atoms with Gasteiger partial charge in [0.05, 0.1) is 11.0 Å². The van der Waals surface area contributed by atoms with Crippen molar-refractivity contribution < 1.29 is 0 Å². The molecule has 0 unspecified atom stereocenters. The van der Waals surface area contributed by atoms with E-state index in [2.05, 4.69) is 141 Å². The van der Waals surface area contributed by atoms with Crippen LogP contribution in [0.25, 0.3) is 70.9 Å². The Labute approximate surface area is 244 Å². The highest BCUT2D eigenvalue weighted by molar-refractivity contribution is 6.35. The molecule has 1 aliphatic carbocycles. The Kier molecular flexibility index (Phi) is 4.69. The summed E-state index contributed by atoms with van der Waals surface area (Å²) in [6, 6.07) is 42.6. The average molecular weight is 539 g/mol. The normalized spacial score (nSPS) is 13.9. The smallest absolute Gasteiger partial charge is 0.114 e. The van der Waals surface area contributed by atoms with E-state index in [4.69, 9.17) is 4.98 Å². The Morgan fingerprint density at radius 2 is 1.19 bits per heavy atom. The lowest BCUT2D eigenvalue weighted by Crippen LogP contribution is -2.16. The maximum Gasteiger partial charge on any atom is 0.114 e. The first-order valence-electron chi connectivity index (χ1n) is 15.0. The van der Waals surface area contributed by atoms with E-state index in [1.807, 2.05) is 0 Å². The molecule has 1 aromatic heterocycles. The molecule has 1 aliphatic rings. The lowest BCUT2D eigenvalue weighted by atomic mass is 9.77. The number of nitrogens with zero attached hydrogens (tertiary/aromatic N) is 2. The van der Waals surface area contributed by atoms with Gasteiger partial charge in [-0.05, 0) is 89.6 Å². The number of benzene rings is 7. The van der Waals surface area contributed by atoms with Gasteiger partial charge in [-0.25, -0.2) is 4.98 Å². The van der Waals surface area contributed by atoms with Gasteiger partial charge in [-0.1, -0.05) is 112 Å². The number of aromatic nitrogens is 2. The number of para-hydroxylation sites is 2. The number of hydrogen-bond donors (Lipinski definition) is 0. The summed E-state index contributed by atoms with van der Waals surface area (Å²) in [6.45, 7) is 7.04. The largest absolute Gasteiger partial charge is 0.296 e. The first-order chi connectivity index (χ1) is 20.6. The molecule has 0 saturated carbocycles. The molecule has 200 valence electrons. The van der Waals surface area contributed by atoms with Crippen molar-refractivity contribution in [3.05, 3.63) is 132 Å². The number of rotatable bonds is 2. The second kappa shape index (κ2) is 8.30. The maximum atomic E-state index is 4.98. The van der Waals surface area contributed by atoms with Crippen LogP contribution in [-0.4, -0.2) is 9.55 Å². The molecule has 2 nitrogen and oxygen atoms in total. The zero-order valence-electron chi connectivity index (χ0n) is 24.1. The quantitative estimate of drug-likeness (QED) is 0.200. The lowest BCUT2D eigenvalue weighted by Gasteiger charge is -2.26. The Bertz CT molecular complexity index is 2420. The standard InChI is InChI=1S/C40H30N2/c1-4-35-41-33-19-11-12-20-34(33)42(35)24-21-22-31-32(23-24)40(2,3)39-37(31)30-18-10-9-17-29(30)36-27-15-7-5-13-25(27)26-14-6-8-16-28(26)38(36)39/h5-23H,4H2,1-3H3. The topological polar surface area (TPSA) is 17.8 Å². The summed E-state index contributed by atoms with van der Waals surface area (Å²) in [5.74, 6) is 1.10. The van der Waals surface area contributed by atoms with E-state index in [0.717, 1.165) is 23.3 Å². The van der Waals surface area contributed by atoms with E-state index < -0.39 is 0 Å². The van der Waals surface area contributed by atoms with Gasteiger partial charge in [-0.2, -0.15) is 0 Å². The molecule has 0 spiro atoms. The van der Waals surface area contributed by atoms with Crippen molar-refractivity contribution in [2.24, 2.45) is 0 Å². The van der Waals surface area contributed by atoms with Crippen LogP contribution in [0.4, 0.5) is 0 Å². The fraction of sp³-hybridized carbons (Fsp3) is 0.125. The summed E-state index contributed by atoms with van der Waals surface area (Å²) in [5.41, 5.74) is 8.75. The number of fused-ring (bicyclic) bond motifs is 14. The molecule has 0 fully saturated rings. The molecule has 42 heavy (non-hydrogen) atoms. The third-order valence-electron chi connectivity index (χ3n) is 9.67. The minimum absolute atomic E-state index is 0.197. The first kappa shape index (κ1) is 23.7. The first-order valence-corrected chi connectivity index (χ1v) is 15.0. The van der Waals surface area contributed by atoms with E-state index in [1.54, 1.807) is 0 Å². The monoisotopic (exact) mass is 538 g/mol. The molecule has 1 heterocycles. The second-order valence-electron chi connectivity index (χ2n) is 12.2. The summed E-state index contributed by atoms with van der Waals surface area (Å²) < 4.78 is 2.35. The van der Waals surface area contributed by atoms with Crippen LogP contribution < -0.4 is 0 Å². The highest BCUT2D eigenvalue weighted by Gasteiger charge is 2.39. The molecule has 0 bridgehead atoms. The van der Waals surface area contributed by atoms with E-state index in [9.17, 15) is 0 Å². The Hall–Kier alpha value is -4.95. The van der Waals surface area contributed by atoms with Gasteiger partial charge in [0.1, 0.15) is 5.82 Å². The Morgan fingerprint density at radius 1 is 0.619 bits per heavy atom. The van der Waals surface area contributed by atoms with E-state index in [-0.39, 0.29) is 5.41 Å². The highest BCUT2D eigenvalue weighted by atomic mass is 15.1. The Morgan fingerprint density at radius 3 is 1.88 bits per heavy atom. The molecule has 7 aromatic carbocycles. The molecular weight excluding hydrogens is 508 g/mol. The molecule has 8 aromatic rings. The van der Waals surface area contributed by atoms with Gasteiger partial charge in [0.25, 0.3) is 0 Å². The van der Waals surface area contributed by atoms with Gasteiger partial charge in [0, 0.05) is 17.5 Å². The van der Waals surface area contributed by atoms with Gasteiger partial charge in [-0.3, -0.25) is 4.57 Å². The minimum atomic E-state index is -0.197. The van der Waals surface area contributed by atoms with E-state index >= 15 is 0 Å². The molecular formula is C40H30N2. The summed E-state index contributed by atoms with van der Waals surface area (Å²) in [7, 11) is 0. The van der Waals surface area contributed by atoms with Crippen molar-refractivity contribution >= 4 is 54.1 Å². The summed E-state index contributed by atoms with van der Waals surface area (Å²) >= 11 is 0. The molecule has 2 heteroatoms. The molecule has 0 radical (unpaired) electrons. The zero-order valence-corrected chi connectivity index (χ0v) is 24.1. The van der Waals surface area contributed by atoms with Crippen molar-refractivity contribution in [1.82, 2.24) is 9.55 Å². The third-order valence-corrected chi connectivity index (χ3v) is 9.67. The SMILES string of the molecule is CCc1nc2ccccc2n1-c1ccc2c(c1)C(C)(C)c1c-2c2ccccc2c2c3ccccc3c3ccccc3c12. The summed E-state index contributed by atoms with van der Waals surface area (Å²) in [5, 5.41) is 10.7. The molecule has 0 saturated heterocycles. The van der Waals surface area contributed by atoms with Crippen LogP contribution in [0, 0.1) is 0 Å². The van der Waals surface area contributed by atoms with E-state index in [1.165, 1.54) is 71.0 Å². The molecule has 0 aliphatic heterocycles. The third kappa shape index (κ3) is 2.92. The van der Waals surface area contributed by atoms with Crippen LogP contribution in [-0.2, 0) is 11.8 Å². The van der Waals surface area contributed by atoms with Gasteiger partial charge < -0.3 is 0 Å². The maximum absolute atomic E-state index is 4.98. The molecule has 0 atom stereocenters. The van der Waals surface area contributed by atoms with Crippen molar-refractivity contribution in [2.45, 2.75) is 32.6 Å². The summed E-state index contributed by atoms with van der Waals surface area (Å²) in [6.07, 6.45) is 0.879. The minimum Gasteiger partial charge on any atom is -0.296 e. The van der Waals surface area contributed by atoms with Crippen LogP contribution in [0.15, 0.2) is 115 Å². The van der Waals surface area contributed by atoms with E-state index in [0.29, 0.717) is 0 Å². The fourth-order valence-electron chi connectivity index (χ4n) is 7.91. The van der Waals surface area contributed by atoms with Gasteiger partial charge in [-0.15, -0.1) is 0 Å². The molecule has 0 N–H and O–H groups in total. The van der Waals surface area contributed by atoms with Crippen molar-refractivity contribution in [1.29, 1.82) is 0 Å². The fourth-order valence-corrected chi connectivity index (χ4v) is 7.91. The van der Waals surface area contributed by atoms with Gasteiger partial charge >= 0.3 is 0 Å². The van der Waals surface area contributed by atoms with Crippen LogP contribution in [0.1, 0.15) is 37.7 Å². The average Bonchev–Trinajstić information content (AvgIpc) is 3.53. The second-order valence-corrected chi connectivity index (χ2v) is 12.2. The number of aryl methyl sites for hydroxylation is 1.